The van der Waals surface area contributed by atoms with E-state index in [9.17, 15) is 4.79 Å². The topological polar surface area (TPSA) is 29.5 Å². The average Bonchev–Trinajstić information content (AvgIpc) is 2.76. The van der Waals surface area contributed by atoms with E-state index in [2.05, 4.69) is 23.6 Å². The first-order valence-electron chi connectivity index (χ1n) is 6.20. The van der Waals surface area contributed by atoms with Gasteiger partial charge in [-0.05, 0) is 5.56 Å². The Morgan fingerprint density at radius 3 is 2.79 bits per heavy atom. The van der Waals surface area contributed by atoms with Gasteiger partial charge in [0.2, 0.25) is 0 Å². The van der Waals surface area contributed by atoms with Crippen molar-refractivity contribution in [3.05, 3.63) is 48.6 Å². The molecule has 0 aliphatic carbocycles. The van der Waals surface area contributed by atoms with E-state index in [0.29, 0.717) is 4.99 Å². The van der Waals surface area contributed by atoms with Crippen molar-refractivity contribution in [3.63, 3.8) is 0 Å². The van der Waals surface area contributed by atoms with E-state index in [0.717, 1.165) is 13.1 Å². The van der Waals surface area contributed by atoms with E-state index in [4.69, 9.17) is 17.0 Å². The SMILES string of the molecule is C=CC1CN(Cc2ccccc2)C(=S)C1C(=O)OC. The fourth-order valence-electron chi connectivity index (χ4n) is 2.39. The molecule has 0 bridgehead atoms. The molecule has 1 heterocycles. The average molecular weight is 275 g/mol. The third-order valence-corrected chi connectivity index (χ3v) is 3.92. The number of thiocarbonyl (C=S) groups is 1. The van der Waals surface area contributed by atoms with Crippen LogP contribution in [0.25, 0.3) is 0 Å². The van der Waals surface area contributed by atoms with Gasteiger partial charge in [0.25, 0.3) is 0 Å². The predicted molar refractivity (Wildman–Crippen MR) is 78.6 cm³/mol. The van der Waals surface area contributed by atoms with Crippen LogP contribution < -0.4 is 0 Å². The van der Waals surface area contributed by atoms with Crippen molar-refractivity contribution in [2.45, 2.75) is 6.54 Å². The van der Waals surface area contributed by atoms with Crippen LogP contribution in [0.2, 0.25) is 0 Å². The van der Waals surface area contributed by atoms with Gasteiger partial charge in [-0.2, -0.15) is 0 Å². The molecule has 3 nitrogen and oxygen atoms in total. The molecule has 0 spiro atoms. The molecule has 1 fully saturated rings. The Morgan fingerprint density at radius 2 is 2.21 bits per heavy atom. The molecule has 0 radical (unpaired) electrons. The van der Waals surface area contributed by atoms with Crippen LogP contribution in [-0.2, 0) is 16.1 Å². The molecule has 0 N–H and O–H groups in total. The number of hydrogen-bond donors (Lipinski definition) is 0. The van der Waals surface area contributed by atoms with Crippen LogP contribution in [0.1, 0.15) is 5.56 Å². The summed E-state index contributed by atoms with van der Waals surface area (Å²) >= 11 is 5.42. The molecule has 1 aromatic rings. The Kier molecular flexibility index (Phi) is 4.32. The second-order valence-corrected chi connectivity index (χ2v) is 5.02. The van der Waals surface area contributed by atoms with E-state index in [-0.39, 0.29) is 17.8 Å². The number of likely N-dealkylation sites (tertiary alicyclic amines) is 1. The van der Waals surface area contributed by atoms with Gasteiger partial charge in [-0.15, -0.1) is 6.58 Å². The van der Waals surface area contributed by atoms with Gasteiger partial charge in [0.05, 0.1) is 12.1 Å². The molecule has 0 amide bonds. The summed E-state index contributed by atoms with van der Waals surface area (Å²) < 4.78 is 4.83. The molecule has 0 saturated carbocycles. The highest BCUT2D eigenvalue weighted by Crippen LogP contribution is 2.29. The summed E-state index contributed by atoms with van der Waals surface area (Å²) in [6.45, 7) is 5.23. The maximum absolute atomic E-state index is 11.8. The smallest absolute Gasteiger partial charge is 0.316 e. The van der Waals surface area contributed by atoms with E-state index < -0.39 is 0 Å². The molecule has 0 aromatic heterocycles. The van der Waals surface area contributed by atoms with Gasteiger partial charge >= 0.3 is 5.97 Å². The summed E-state index contributed by atoms with van der Waals surface area (Å²) in [7, 11) is 1.39. The minimum atomic E-state index is -0.374. The minimum absolute atomic E-state index is 0.0312. The summed E-state index contributed by atoms with van der Waals surface area (Å²) in [5.41, 5.74) is 1.18. The van der Waals surface area contributed by atoms with Crippen molar-refractivity contribution in [2.75, 3.05) is 13.7 Å². The molecule has 19 heavy (non-hydrogen) atoms. The van der Waals surface area contributed by atoms with Gasteiger partial charge in [0.15, 0.2) is 0 Å². The third-order valence-electron chi connectivity index (χ3n) is 3.41. The monoisotopic (exact) mass is 275 g/mol. The number of benzene rings is 1. The Hall–Kier alpha value is -1.68. The van der Waals surface area contributed by atoms with E-state index >= 15 is 0 Å². The van der Waals surface area contributed by atoms with Gasteiger partial charge in [-0.25, -0.2) is 0 Å². The first-order valence-corrected chi connectivity index (χ1v) is 6.61. The van der Waals surface area contributed by atoms with Gasteiger partial charge < -0.3 is 9.64 Å². The van der Waals surface area contributed by atoms with Crippen LogP contribution in [0.5, 0.6) is 0 Å². The number of nitrogens with zero attached hydrogens (tertiary/aromatic N) is 1. The lowest BCUT2D eigenvalue weighted by Crippen LogP contribution is -2.29. The van der Waals surface area contributed by atoms with E-state index in [1.807, 2.05) is 18.2 Å². The third kappa shape index (κ3) is 2.84. The summed E-state index contributed by atoms with van der Waals surface area (Å²) in [5, 5.41) is 0. The molecular formula is C15H17NO2S. The largest absolute Gasteiger partial charge is 0.468 e. The lowest BCUT2D eigenvalue weighted by Gasteiger charge is -2.18. The summed E-state index contributed by atoms with van der Waals surface area (Å²) in [4.78, 5) is 14.5. The van der Waals surface area contributed by atoms with Gasteiger partial charge in [-0.3, -0.25) is 4.79 Å². The zero-order valence-corrected chi connectivity index (χ0v) is 11.7. The molecule has 2 rings (SSSR count). The number of carbonyl (C=O) groups is 1. The van der Waals surface area contributed by atoms with E-state index in [1.165, 1.54) is 12.7 Å². The van der Waals surface area contributed by atoms with Crippen molar-refractivity contribution in [1.29, 1.82) is 0 Å². The van der Waals surface area contributed by atoms with Crippen LogP contribution in [-0.4, -0.2) is 29.5 Å². The van der Waals surface area contributed by atoms with Crippen LogP contribution in [0.15, 0.2) is 43.0 Å². The number of carbonyl (C=O) groups excluding carboxylic acids is 1. The fourth-order valence-corrected chi connectivity index (χ4v) is 2.80. The molecule has 1 saturated heterocycles. The molecular weight excluding hydrogens is 258 g/mol. The second-order valence-electron chi connectivity index (χ2n) is 4.60. The van der Waals surface area contributed by atoms with Crippen molar-refractivity contribution < 1.29 is 9.53 Å². The first-order chi connectivity index (χ1) is 9.17. The molecule has 1 aliphatic rings. The molecule has 100 valence electrons. The lowest BCUT2D eigenvalue weighted by molar-refractivity contribution is -0.143. The standard InChI is InChI=1S/C15H17NO2S/c1-3-12-10-16(9-11-7-5-4-6-8-11)14(19)13(12)15(17)18-2/h3-8,12-13H,1,9-10H2,2H3. The van der Waals surface area contributed by atoms with Gasteiger partial charge in [0.1, 0.15) is 5.92 Å². The summed E-state index contributed by atoms with van der Waals surface area (Å²) in [6, 6.07) is 10.1. The lowest BCUT2D eigenvalue weighted by atomic mass is 9.96. The highest BCUT2D eigenvalue weighted by Gasteiger charge is 2.41. The van der Waals surface area contributed by atoms with Crippen molar-refractivity contribution >= 4 is 23.2 Å². The van der Waals surface area contributed by atoms with Crippen LogP contribution in [0, 0.1) is 11.8 Å². The summed E-state index contributed by atoms with van der Waals surface area (Å²) in [5.74, 6) is -0.615. The Labute approximate surface area is 118 Å². The fraction of sp³-hybridized carbons (Fsp3) is 0.333. The second kappa shape index (κ2) is 5.97. The van der Waals surface area contributed by atoms with Gasteiger partial charge in [0, 0.05) is 19.0 Å². The number of esters is 1. The maximum atomic E-state index is 11.8. The molecule has 2 unspecified atom stereocenters. The molecule has 2 atom stereocenters. The number of rotatable bonds is 4. The number of methoxy groups -OCH3 is 1. The zero-order valence-electron chi connectivity index (χ0n) is 10.9. The quantitative estimate of drug-likeness (QED) is 0.479. The van der Waals surface area contributed by atoms with Crippen molar-refractivity contribution in [2.24, 2.45) is 11.8 Å². The highest BCUT2D eigenvalue weighted by atomic mass is 32.1. The Balaban J connectivity index is 2.14. The van der Waals surface area contributed by atoms with Gasteiger partial charge in [-0.1, -0.05) is 48.6 Å². The first kappa shape index (κ1) is 13.7. The minimum Gasteiger partial charge on any atom is -0.468 e. The predicted octanol–water partition coefficient (Wildman–Crippen LogP) is 2.42. The normalized spacial score (nSPS) is 22.4. The van der Waals surface area contributed by atoms with Crippen molar-refractivity contribution in [1.82, 2.24) is 4.90 Å². The summed E-state index contributed by atoms with van der Waals surface area (Å²) in [6.07, 6.45) is 1.79. The van der Waals surface area contributed by atoms with Crippen LogP contribution in [0.4, 0.5) is 0 Å². The zero-order chi connectivity index (χ0) is 13.8. The Bertz CT molecular complexity index is 486. The molecule has 1 aromatic carbocycles. The van der Waals surface area contributed by atoms with Crippen molar-refractivity contribution in [3.8, 4) is 0 Å². The van der Waals surface area contributed by atoms with E-state index in [1.54, 1.807) is 6.08 Å². The van der Waals surface area contributed by atoms with Crippen LogP contribution in [0.3, 0.4) is 0 Å². The highest BCUT2D eigenvalue weighted by molar-refractivity contribution is 7.80. The number of hydrogen-bond acceptors (Lipinski definition) is 3. The van der Waals surface area contributed by atoms with Crippen LogP contribution >= 0.6 is 12.2 Å². The Morgan fingerprint density at radius 1 is 1.53 bits per heavy atom. The maximum Gasteiger partial charge on any atom is 0.316 e. The molecule has 4 heteroatoms. The molecule has 1 aliphatic heterocycles. The number of ether oxygens (including phenoxy) is 1.